The second-order valence-electron chi connectivity index (χ2n) is 5.18. The number of rotatable bonds is 5. The molecule has 106 valence electrons. The summed E-state index contributed by atoms with van der Waals surface area (Å²) in [5.41, 5.74) is 0. The minimum Gasteiger partial charge on any atom is -0.456 e. The van der Waals surface area contributed by atoms with E-state index < -0.39 is 0 Å². The van der Waals surface area contributed by atoms with E-state index in [1.54, 1.807) is 6.92 Å². The molecule has 2 bridgehead atoms. The lowest BCUT2D eigenvalue weighted by atomic mass is 9.88. The van der Waals surface area contributed by atoms with E-state index in [-0.39, 0.29) is 55.0 Å². The Morgan fingerprint density at radius 2 is 2.32 bits per heavy atom. The molecule has 3 aliphatic rings. The Balaban J connectivity index is 1.50. The van der Waals surface area contributed by atoms with Gasteiger partial charge in [0, 0.05) is 5.75 Å². The standard InChI is InChI=1S/C12H16O6S/c1-5(3-19)11(13)16-4-15-9-7-2-6-8(17-7)10(9)18-12(6)14/h5-10,19H,2-4H2,1H3. The number of esters is 2. The van der Waals surface area contributed by atoms with Gasteiger partial charge >= 0.3 is 11.9 Å². The van der Waals surface area contributed by atoms with Crippen LogP contribution in [0.5, 0.6) is 0 Å². The fourth-order valence-corrected chi connectivity index (χ4v) is 2.98. The minimum atomic E-state index is -0.350. The summed E-state index contributed by atoms with van der Waals surface area (Å²) in [4.78, 5) is 22.9. The number of fused-ring (bicyclic) bond motifs is 1. The van der Waals surface area contributed by atoms with Crippen molar-refractivity contribution >= 4 is 24.6 Å². The summed E-state index contributed by atoms with van der Waals surface area (Å²) in [5.74, 6) is -0.527. The molecule has 0 spiro atoms. The monoisotopic (exact) mass is 288 g/mol. The first kappa shape index (κ1) is 13.2. The normalized spacial score (nSPS) is 40.3. The van der Waals surface area contributed by atoms with Gasteiger partial charge in [0.1, 0.15) is 12.2 Å². The van der Waals surface area contributed by atoms with Crippen LogP contribution >= 0.6 is 12.6 Å². The summed E-state index contributed by atoms with van der Waals surface area (Å²) in [6, 6.07) is 0. The van der Waals surface area contributed by atoms with E-state index in [0.717, 1.165) is 0 Å². The summed E-state index contributed by atoms with van der Waals surface area (Å²) in [6.07, 6.45) is -0.364. The number of hydrogen-bond acceptors (Lipinski definition) is 7. The molecule has 0 N–H and O–H groups in total. The van der Waals surface area contributed by atoms with Crippen molar-refractivity contribution in [3.05, 3.63) is 0 Å². The van der Waals surface area contributed by atoms with E-state index >= 15 is 0 Å². The van der Waals surface area contributed by atoms with Gasteiger partial charge in [0.2, 0.25) is 0 Å². The van der Waals surface area contributed by atoms with Crippen molar-refractivity contribution in [3.63, 3.8) is 0 Å². The second-order valence-corrected chi connectivity index (χ2v) is 5.54. The molecule has 3 aliphatic heterocycles. The first-order valence-electron chi connectivity index (χ1n) is 6.37. The van der Waals surface area contributed by atoms with Crippen LogP contribution in [-0.4, -0.2) is 48.9 Å². The zero-order chi connectivity index (χ0) is 13.6. The Bertz CT molecular complexity index is 400. The maximum atomic E-state index is 11.5. The van der Waals surface area contributed by atoms with Crippen LogP contribution in [0.25, 0.3) is 0 Å². The van der Waals surface area contributed by atoms with Crippen molar-refractivity contribution in [2.75, 3.05) is 12.5 Å². The molecule has 0 aliphatic carbocycles. The minimum absolute atomic E-state index is 0.132. The summed E-state index contributed by atoms with van der Waals surface area (Å²) >= 11 is 4.03. The van der Waals surface area contributed by atoms with Crippen LogP contribution in [0.4, 0.5) is 0 Å². The van der Waals surface area contributed by atoms with Crippen molar-refractivity contribution in [2.24, 2.45) is 11.8 Å². The highest BCUT2D eigenvalue weighted by Crippen LogP contribution is 2.47. The van der Waals surface area contributed by atoms with E-state index in [1.165, 1.54) is 0 Å². The number of hydrogen-bond donors (Lipinski definition) is 1. The summed E-state index contributed by atoms with van der Waals surface area (Å²) in [6.45, 7) is 1.59. The van der Waals surface area contributed by atoms with Crippen molar-refractivity contribution in [3.8, 4) is 0 Å². The molecule has 0 aromatic rings. The summed E-state index contributed by atoms with van der Waals surface area (Å²) in [5, 5.41) is 0. The van der Waals surface area contributed by atoms with Crippen molar-refractivity contribution in [1.29, 1.82) is 0 Å². The summed E-state index contributed by atoms with van der Waals surface area (Å²) in [7, 11) is 0. The van der Waals surface area contributed by atoms with Crippen molar-refractivity contribution < 1.29 is 28.5 Å². The van der Waals surface area contributed by atoms with Gasteiger partial charge in [0.15, 0.2) is 12.9 Å². The van der Waals surface area contributed by atoms with Gasteiger partial charge in [-0.2, -0.15) is 12.6 Å². The molecule has 0 saturated carbocycles. The first-order chi connectivity index (χ1) is 9.11. The number of ether oxygens (including phenoxy) is 4. The van der Waals surface area contributed by atoms with Crippen molar-refractivity contribution in [1.82, 2.24) is 0 Å². The summed E-state index contributed by atoms with van der Waals surface area (Å²) < 4.78 is 21.4. The maximum absolute atomic E-state index is 11.5. The lowest BCUT2D eigenvalue weighted by Crippen LogP contribution is -2.39. The van der Waals surface area contributed by atoms with Crippen LogP contribution in [0, 0.1) is 11.8 Å². The third-order valence-corrected chi connectivity index (χ3v) is 4.47. The Kier molecular flexibility index (Phi) is 3.44. The Morgan fingerprint density at radius 1 is 1.53 bits per heavy atom. The molecule has 0 aromatic heterocycles. The van der Waals surface area contributed by atoms with Gasteiger partial charge in [-0.05, 0) is 6.42 Å². The molecule has 6 atom stereocenters. The average molecular weight is 288 g/mol. The molecule has 3 saturated heterocycles. The Hall–Kier alpha value is -0.790. The lowest BCUT2D eigenvalue weighted by molar-refractivity contribution is -0.173. The van der Waals surface area contributed by atoms with Crippen LogP contribution in [-0.2, 0) is 28.5 Å². The SMILES string of the molecule is CC(CS)C(=O)OCOC1C2CC3C(=O)OC1C3O2. The van der Waals surface area contributed by atoms with Gasteiger partial charge in [-0.1, -0.05) is 6.92 Å². The highest BCUT2D eigenvalue weighted by Gasteiger charge is 2.64. The lowest BCUT2D eigenvalue weighted by Gasteiger charge is -2.22. The maximum Gasteiger partial charge on any atom is 0.312 e. The highest BCUT2D eigenvalue weighted by molar-refractivity contribution is 7.80. The Labute approximate surface area is 116 Å². The van der Waals surface area contributed by atoms with E-state index in [9.17, 15) is 9.59 Å². The van der Waals surface area contributed by atoms with Crippen LogP contribution in [0.15, 0.2) is 0 Å². The molecule has 3 heterocycles. The fourth-order valence-electron chi connectivity index (χ4n) is 2.83. The van der Waals surface area contributed by atoms with E-state index in [4.69, 9.17) is 18.9 Å². The van der Waals surface area contributed by atoms with Crippen LogP contribution in [0.3, 0.4) is 0 Å². The van der Waals surface area contributed by atoms with E-state index in [2.05, 4.69) is 12.6 Å². The third-order valence-electron chi connectivity index (χ3n) is 3.92. The van der Waals surface area contributed by atoms with Crippen molar-refractivity contribution in [2.45, 2.75) is 37.8 Å². The number of carbonyl (C=O) groups is 2. The fraction of sp³-hybridized carbons (Fsp3) is 0.833. The number of thiol groups is 1. The topological polar surface area (TPSA) is 71.1 Å². The van der Waals surface area contributed by atoms with Gasteiger partial charge in [-0.15, -0.1) is 0 Å². The highest BCUT2D eigenvalue weighted by atomic mass is 32.1. The molecule has 0 radical (unpaired) electrons. The smallest absolute Gasteiger partial charge is 0.312 e. The Morgan fingerprint density at radius 3 is 3.05 bits per heavy atom. The van der Waals surface area contributed by atoms with Crippen LogP contribution in [0.2, 0.25) is 0 Å². The molecular formula is C12H16O6S. The zero-order valence-corrected chi connectivity index (χ0v) is 11.4. The van der Waals surface area contributed by atoms with Gasteiger partial charge in [-0.25, -0.2) is 0 Å². The average Bonchev–Trinajstić information content (AvgIpc) is 3.01. The van der Waals surface area contributed by atoms with Gasteiger partial charge in [0.05, 0.1) is 17.9 Å². The predicted molar refractivity (Wildman–Crippen MR) is 65.5 cm³/mol. The van der Waals surface area contributed by atoms with Crippen LogP contribution in [0.1, 0.15) is 13.3 Å². The molecular weight excluding hydrogens is 272 g/mol. The molecule has 0 aromatic carbocycles. The predicted octanol–water partition coefficient (Wildman–Crippen LogP) is 0.151. The quantitative estimate of drug-likeness (QED) is 0.441. The molecule has 6 unspecified atom stereocenters. The third kappa shape index (κ3) is 2.13. The van der Waals surface area contributed by atoms with E-state index in [0.29, 0.717) is 12.2 Å². The molecule has 6 nitrogen and oxygen atoms in total. The molecule has 0 amide bonds. The number of carbonyl (C=O) groups excluding carboxylic acids is 2. The largest absolute Gasteiger partial charge is 0.456 e. The molecule has 19 heavy (non-hydrogen) atoms. The molecule has 7 heteroatoms. The molecule has 3 rings (SSSR count). The van der Waals surface area contributed by atoms with E-state index in [1.807, 2.05) is 0 Å². The van der Waals surface area contributed by atoms with Crippen LogP contribution < -0.4 is 0 Å². The van der Waals surface area contributed by atoms with Gasteiger partial charge < -0.3 is 18.9 Å². The molecule has 3 fully saturated rings. The zero-order valence-electron chi connectivity index (χ0n) is 10.5. The van der Waals surface area contributed by atoms with Gasteiger partial charge in [-0.3, -0.25) is 9.59 Å². The first-order valence-corrected chi connectivity index (χ1v) is 7.00. The van der Waals surface area contributed by atoms with Gasteiger partial charge in [0.25, 0.3) is 0 Å². The second kappa shape index (κ2) is 4.96.